The highest BCUT2D eigenvalue weighted by Gasteiger charge is 2.15. The zero-order valence-corrected chi connectivity index (χ0v) is 11.8. The van der Waals surface area contributed by atoms with E-state index in [1.807, 2.05) is 18.2 Å². The van der Waals surface area contributed by atoms with Crippen LogP contribution in [-0.4, -0.2) is 33.7 Å². The van der Waals surface area contributed by atoms with Crippen LogP contribution in [0, 0.1) is 0 Å². The van der Waals surface area contributed by atoms with Gasteiger partial charge in [-0.15, -0.1) is 0 Å². The molecule has 0 radical (unpaired) electrons. The van der Waals surface area contributed by atoms with E-state index in [-0.39, 0.29) is 5.91 Å². The van der Waals surface area contributed by atoms with Gasteiger partial charge < -0.3 is 15.0 Å². The van der Waals surface area contributed by atoms with Crippen LogP contribution < -0.4 is 15.0 Å². The molecule has 4 heteroatoms. The van der Waals surface area contributed by atoms with Gasteiger partial charge in [0, 0.05) is 7.05 Å². The number of amides is 1. The van der Waals surface area contributed by atoms with Gasteiger partial charge in [-0.2, -0.15) is 0 Å². The summed E-state index contributed by atoms with van der Waals surface area (Å²) in [5, 5.41) is 2.85. The number of anilines is 1. The van der Waals surface area contributed by atoms with Crippen molar-refractivity contribution in [2.45, 2.75) is 19.8 Å². The van der Waals surface area contributed by atoms with Crippen LogP contribution in [0.3, 0.4) is 0 Å². The first kappa shape index (κ1) is 14.5. The Bertz CT molecular complexity index is 416. The summed E-state index contributed by atoms with van der Waals surface area (Å²) in [4.78, 5) is 13.4. The van der Waals surface area contributed by atoms with Crippen molar-refractivity contribution in [1.29, 1.82) is 0 Å². The summed E-state index contributed by atoms with van der Waals surface area (Å²) in [5.41, 5.74) is 1.99. The fourth-order valence-electron chi connectivity index (χ4n) is 1.73. The first-order valence-electron chi connectivity index (χ1n) is 6.10. The summed E-state index contributed by atoms with van der Waals surface area (Å²) in [6.45, 7) is 4.57. The summed E-state index contributed by atoms with van der Waals surface area (Å²) in [5.74, 6) is 1.17. The molecule has 0 unspecified atom stereocenters. The number of hydrogen-bond donors (Lipinski definition) is 1. The Morgan fingerprint density at radius 2 is 2.11 bits per heavy atom. The zero-order valence-electron chi connectivity index (χ0n) is 11.8. The Balaban J connectivity index is 3.05. The number of hydrogen-bond acceptors (Lipinski definition) is 3. The van der Waals surface area contributed by atoms with Crippen LogP contribution in [0.5, 0.6) is 5.75 Å². The average Bonchev–Trinajstić information content (AvgIpc) is 2.37. The topological polar surface area (TPSA) is 41.6 Å². The van der Waals surface area contributed by atoms with Gasteiger partial charge in [0.2, 0.25) is 5.91 Å². The summed E-state index contributed by atoms with van der Waals surface area (Å²) >= 11 is 0. The molecular formula is C14H22N2O2. The third-order valence-electron chi connectivity index (χ3n) is 2.93. The van der Waals surface area contributed by atoms with Crippen LogP contribution in [0.25, 0.3) is 0 Å². The molecule has 0 aliphatic heterocycles. The van der Waals surface area contributed by atoms with Crippen LogP contribution in [0.2, 0.25) is 0 Å². The van der Waals surface area contributed by atoms with Gasteiger partial charge >= 0.3 is 0 Å². The molecule has 0 atom stereocenters. The second-order valence-corrected chi connectivity index (χ2v) is 4.57. The maximum Gasteiger partial charge on any atom is 0.240 e. The summed E-state index contributed by atoms with van der Waals surface area (Å²) in [7, 11) is 5.14. The van der Waals surface area contributed by atoms with E-state index >= 15 is 0 Å². The lowest BCUT2D eigenvalue weighted by molar-refractivity contribution is -0.117. The number of nitrogens with zero attached hydrogens (tertiary/aromatic N) is 1. The largest absolute Gasteiger partial charge is 0.495 e. The quantitative estimate of drug-likeness (QED) is 0.869. The summed E-state index contributed by atoms with van der Waals surface area (Å²) < 4.78 is 5.37. The minimum Gasteiger partial charge on any atom is -0.495 e. The number of carbonyl (C=O) groups is 1. The number of rotatable bonds is 5. The molecule has 1 N–H and O–H groups in total. The van der Waals surface area contributed by atoms with Crippen LogP contribution in [0.15, 0.2) is 18.2 Å². The van der Waals surface area contributed by atoms with Crippen molar-refractivity contribution < 1.29 is 9.53 Å². The lowest BCUT2D eigenvalue weighted by Crippen LogP contribution is -2.34. The highest BCUT2D eigenvalue weighted by molar-refractivity contribution is 5.95. The lowest BCUT2D eigenvalue weighted by Gasteiger charge is -2.21. The van der Waals surface area contributed by atoms with Gasteiger partial charge in [0.15, 0.2) is 0 Å². The number of likely N-dealkylation sites (N-methyl/N-ethyl adjacent to an activating group) is 2. The molecule has 0 aliphatic rings. The number of carbonyl (C=O) groups excluding carboxylic acids is 1. The third kappa shape index (κ3) is 3.23. The minimum absolute atomic E-state index is 0.00750. The Hall–Kier alpha value is -1.55. The maximum absolute atomic E-state index is 11.8. The maximum atomic E-state index is 11.8. The molecule has 1 amide bonds. The van der Waals surface area contributed by atoms with Gasteiger partial charge in [-0.05, 0) is 30.7 Å². The summed E-state index contributed by atoms with van der Waals surface area (Å²) in [6.07, 6.45) is 0. The molecule has 1 aromatic carbocycles. The van der Waals surface area contributed by atoms with Gasteiger partial charge in [0.05, 0.1) is 19.3 Å². The molecule has 0 aliphatic carbocycles. The average molecular weight is 250 g/mol. The molecule has 0 heterocycles. The Morgan fingerprint density at radius 1 is 1.44 bits per heavy atom. The molecular weight excluding hydrogens is 228 g/mol. The molecule has 0 bridgehead atoms. The number of benzene rings is 1. The number of methoxy groups -OCH3 is 1. The first-order valence-corrected chi connectivity index (χ1v) is 6.10. The van der Waals surface area contributed by atoms with E-state index in [2.05, 4.69) is 19.2 Å². The van der Waals surface area contributed by atoms with Crippen molar-refractivity contribution in [2.75, 3.05) is 32.6 Å². The predicted octanol–water partition coefficient (Wildman–Crippen LogP) is 2.00. The molecule has 0 aromatic heterocycles. The molecule has 100 valence electrons. The fourth-order valence-corrected chi connectivity index (χ4v) is 1.73. The van der Waals surface area contributed by atoms with Gasteiger partial charge in [-0.1, -0.05) is 19.9 Å². The second kappa shape index (κ2) is 6.40. The zero-order chi connectivity index (χ0) is 13.7. The van der Waals surface area contributed by atoms with Crippen LogP contribution in [-0.2, 0) is 4.79 Å². The van der Waals surface area contributed by atoms with Crippen molar-refractivity contribution in [2.24, 2.45) is 0 Å². The molecule has 0 saturated carbocycles. The minimum atomic E-state index is 0.00750. The van der Waals surface area contributed by atoms with Crippen molar-refractivity contribution in [1.82, 2.24) is 5.32 Å². The summed E-state index contributed by atoms with van der Waals surface area (Å²) in [6, 6.07) is 5.95. The monoisotopic (exact) mass is 250 g/mol. The van der Waals surface area contributed by atoms with Gasteiger partial charge in [-0.25, -0.2) is 0 Å². The van der Waals surface area contributed by atoms with Crippen molar-refractivity contribution in [3.8, 4) is 5.75 Å². The molecule has 0 spiro atoms. The predicted molar refractivity (Wildman–Crippen MR) is 74.4 cm³/mol. The van der Waals surface area contributed by atoms with Gasteiger partial charge in [0.25, 0.3) is 0 Å². The van der Waals surface area contributed by atoms with Crippen molar-refractivity contribution in [3.05, 3.63) is 23.8 Å². The molecule has 0 saturated heterocycles. The molecule has 4 nitrogen and oxygen atoms in total. The van der Waals surface area contributed by atoms with E-state index in [1.165, 1.54) is 5.56 Å². The van der Waals surface area contributed by atoms with Crippen LogP contribution >= 0.6 is 0 Å². The molecule has 0 fully saturated rings. The van der Waals surface area contributed by atoms with Crippen molar-refractivity contribution >= 4 is 11.6 Å². The fraction of sp³-hybridized carbons (Fsp3) is 0.500. The van der Waals surface area contributed by atoms with Crippen molar-refractivity contribution in [3.63, 3.8) is 0 Å². The van der Waals surface area contributed by atoms with E-state index < -0.39 is 0 Å². The SMILES string of the molecule is CNCC(=O)N(C)c1ccc(C(C)C)cc1OC. The Morgan fingerprint density at radius 3 is 2.61 bits per heavy atom. The second-order valence-electron chi connectivity index (χ2n) is 4.57. The number of ether oxygens (including phenoxy) is 1. The highest BCUT2D eigenvalue weighted by atomic mass is 16.5. The number of nitrogens with one attached hydrogen (secondary N) is 1. The van der Waals surface area contributed by atoms with Gasteiger partial charge in [-0.3, -0.25) is 4.79 Å². The molecule has 1 rings (SSSR count). The van der Waals surface area contributed by atoms with E-state index in [1.54, 1.807) is 26.1 Å². The smallest absolute Gasteiger partial charge is 0.240 e. The van der Waals surface area contributed by atoms with E-state index in [4.69, 9.17) is 4.74 Å². The highest BCUT2D eigenvalue weighted by Crippen LogP contribution is 2.31. The third-order valence-corrected chi connectivity index (χ3v) is 2.93. The van der Waals surface area contributed by atoms with Gasteiger partial charge in [0.1, 0.15) is 5.75 Å². The normalized spacial score (nSPS) is 10.6. The van der Waals surface area contributed by atoms with E-state index in [0.29, 0.717) is 12.5 Å². The van der Waals surface area contributed by atoms with E-state index in [9.17, 15) is 4.79 Å². The Labute approximate surface area is 109 Å². The molecule has 18 heavy (non-hydrogen) atoms. The first-order chi connectivity index (χ1) is 8.51. The lowest BCUT2D eigenvalue weighted by atomic mass is 10.0. The van der Waals surface area contributed by atoms with Crippen LogP contribution in [0.1, 0.15) is 25.3 Å². The molecule has 1 aromatic rings. The van der Waals surface area contributed by atoms with E-state index in [0.717, 1.165) is 11.4 Å². The standard InChI is InChI=1S/C14H22N2O2/c1-10(2)11-6-7-12(13(8-11)18-5)16(4)14(17)9-15-3/h6-8,10,15H,9H2,1-5H3. The Kier molecular flexibility index (Phi) is 5.16. The van der Waals surface area contributed by atoms with Crippen LogP contribution in [0.4, 0.5) is 5.69 Å².